The van der Waals surface area contributed by atoms with Gasteiger partial charge in [-0.15, -0.1) is 5.10 Å². The first kappa shape index (κ1) is 27.6. The molecule has 3 aliphatic rings. The van der Waals surface area contributed by atoms with Crippen molar-refractivity contribution in [3.05, 3.63) is 18.2 Å². The number of aliphatic hydroxyl groups is 1. The number of fused-ring (bicyclic) bond motifs is 2. The van der Waals surface area contributed by atoms with Gasteiger partial charge in [-0.1, -0.05) is 31.5 Å². The van der Waals surface area contributed by atoms with E-state index in [9.17, 15) is 9.90 Å². The van der Waals surface area contributed by atoms with Crippen LogP contribution in [0.4, 0.5) is 0 Å². The molecule has 1 aromatic heterocycles. The molecule has 0 saturated heterocycles. The molecular formula is C31H47N3O4. The van der Waals surface area contributed by atoms with Crippen molar-refractivity contribution in [2.24, 2.45) is 40.9 Å². The molecule has 0 unspecified atom stereocenters. The summed E-state index contributed by atoms with van der Waals surface area (Å²) in [6, 6.07) is 5.75. The first-order valence-corrected chi connectivity index (χ1v) is 14.8. The third-order valence-electron chi connectivity index (χ3n) is 10.9. The third kappa shape index (κ3) is 4.78. The zero-order valence-corrected chi connectivity index (χ0v) is 24.0. The summed E-state index contributed by atoms with van der Waals surface area (Å²) in [6.45, 7) is 7.71. The largest absolute Gasteiger partial charge is 0.494 e. The molecule has 3 aliphatic carbocycles. The predicted octanol–water partition coefficient (Wildman–Crippen LogP) is 5.68. The molecular weight excluding hydrogens is 478 g/mol. The SMILES string of the molecule is CCC[C@H]1[C@H]([C@@H]2CC[C@H](C(=O)Cn3nnc4c(OC)cccc43)[C@@H]2C)CC[C@H]2C[C@](C)(O)CC[C@@]21COC. The van der Waals surface area contributed by atoms with Gasteiger partial charge in [0.2, 0.25) is 0 Å². The number of aromatic nitrogens is 3. The molecule has 0 spiro atoms. The minimum atomic E-state index is -0.556. The molecule has 0 aliphatic heterocycles. The molecule has 0 bridgehead atoms. The zero-order chi connectivity index (χ0) is 27.1. The van der Waals surface area contributed by atoms with Crippen molar-refractivity contribution in [1.29, 1.82) is 0 Å². The van der Waals surface area contributed by atoms with Crippen LogP contribution in [0.5, 0.6) is 5.75 Å². The Morgan fingerprint density at radius 2 is 1.95 bits per heavy atom. The van der Waals surface area contributed by atoms with Crippen LogP contribution in [0.2, 0.25) is 0 Å². The van der Waals surface area contributed by atoms with Gasteiger partial charge < -0.3 is 14.6 Å². The van der Waals surface area contributed by atoms with E-state index < -0.39 is 5.60 Å². The Morgan fingerprint density at radius 3 is 2.68 bits per heavy atom. The zero-order valence-electron chi connectivity index (χ0n) is 24.0. The number of hydrogen-bond acceptors (Lipinski definition) is 6. The van der Waals surface area contributed by atoms with Crippen LogP contribution in [0.1, 0.15) is 78.6 Å². The lowest BCUT2D eigenvalue weighted by atomic mass is 9.47. The van der Waals surface area contributed by atoms with Gasteiger partial charge >= 0.3 is 0 Å². The number of ether oxygens (including phenoxy) is 2. The van der Waals surface area contributed by atoms with Crippen molar-refractivity contribution in [3.63, 3.8) is 0 Å². The molecule has 38 heavy (non-hydrogen) atoms. The van der Waals surface area contributed by atoms with E-state index in [1.807, 2.05) is 32.2 Å². The maximum atomic E-state index is 13.7. The van der Waals surface area contributed by atoms with E-state index >= 15 is 0 Å². The summed E-state index contributed by atoms with van der Waals surface area (Å²) in [6.07, 6.45) is 9.64. The van der Waals surface area contributed by atoms with E-state index in [0.717, 1.165) is 44.2 Å². The van der Waals surface area contributed by atoms with Crippen molar-refractivity contribution in [3.8, 4) is 5.75 Å². The topological polar surface area (TPSA) is 86.5 Å². The smallest absolute Gasteiger partial charge is 0.157 e. The second-order valence-electron chi connectivity index (χ2n) is 12.9. The van der Waals surface area contributed by atoms with Crippen molar-refractivity contribution >= 4 is 16.8 Å². The first-order valence-electron chi connectivity index (χ1n) is 14.8. The number of nitrogens with zero attached hydrogens (tertiary/aromatic N) is 3. The van der Waals surface area contributed by atoms with Crippen LogP contribution in [0.15, 0.2) is 18.2 Å². The number of hydrogen-bond donors (Lipinski definition) is 1. The van der Waals surface area contributed by atoms with Crippen molar-refractivity contribution in [1.82, 2.24) is 15.0 Å². The molecule has 3 saturated carbocycles. The molecule has 0 radical (unpaired) electrons. The van der Waals surface area contributed by atoms with Crippen molar-refractivity contribution in [2.75, 3.05) is 20.8 Å². The number of methoxy groups -OCH3 is 2. The Balaban J connectivity index is 1.34. The van der Waals surface area contributed by atoms with Crippen LogP contribution in [-0.4, -0.2) is 52.3 Å². The molecule has 1 aromatic carbocycles. The lowest BCUT2D eigenvalue weighted by Crippen LogP contribution is -2.55. The average Bonchev–Trinajstić information content (AvgIpc) is 3.48. The number of rotatable bonds is 9. The minimum absolute atomic E-state index is 0.0651. The van der Waals surface area contributed by atoms with E-state index in [2.05, 4.69) is 24.2 Å². The van der Waals surface area contributed by atoms with E-state index in [-0.39, 0.29) is 23.7 Å². The molecule has 1 heterocycles. The standard InChI is InChI=1S/C31H47N3O4/c1-6-8-25-24(12-11-21-17-30(3,36)15-16-31(21,25)19-37-4)22-13-14-23(20(22)2)27(35)18-34-26-9-7-10-28(38-5)29(26)32-33-34/h7,9-10,20-25,36H,6,8,11-19H2,1-5H3/t20-,21+,22-,23+,24+,25+,30-,31-/m1/s1. The Labute approximate surface area is 227 Å². The molecule has 7 nitrogen and oxygen atoms in total. The quantitative estimate of drug-likeness (QED) is 0.453. The molecule has 0 amide bonds. The summed E-state index contributed by atoms with van der Waals surface area (Å²) >= 11 is 0. The van der Waals surface area contributed by atoms with Gasteiger partial charge in [-0.25, -0.2) is 4.68 Å². The average molecular weight is 526 g/mol. The Bertz CT molecular complexity index is 1130. The second-order valence-corrected chi connectivity index (χ2v) is 12.9. The number of benzene rings is 1. The molecule has 210 valence electrons. The van der Waals surface area contributed by atoms with E-state index in [4.69, 9.17) is 9.47 Å². The van der Waals surface area contributed by atoms with Crippen LogP contribution < -0.4 is 4.74 Å². The first-order chi connectivity index (χ1) is 18.2. The van der Waals surface area contributed by atoms with E-state index in [1.54, 1.807) is 11.8 Å². The molecule has 7 heteroatoms. The monoisotopic (exact) mass is 525 g/mol. The maximum absolute atomic E-state index is 13.7. The lowest BCUT2D eigenvalue weighted by molar-refractivity contribution is -0.154. The van der Waals surface area contributed by atoms with Crippen LogP contribution in [0.25, 0.3) is 11.0 Å². The summed E-state index contributed by atoms with van der Waals surface area (Å²) in [7, 11) is 3.48. The molecule has 2 aromatic rings. The van der Waals surface area contributed by atoms with E-state index in [0.29, 0.717) is 40.9 Å². The number of carbonyl (C=O) groups is 1. The lowest BCUT2D eigenvalue weighted by Gasteiger charge is -2.59. The summed E-state index contributed by atoms with van der Waals surface area (Å²) in [4.78, 5) is 13.7. The highest BCUT2D eigenvalue weighted by Crippen LogP contribution is 2.62. The Morgan fingerprint density at radius 1 is 1.16 bits per heavy atom. The molecule has 1 N–H and O–H groups in total. The number of Topliss-reactive ketones (excluding diaryl/α,β-unsaturated/α-hetero) is 1. The van der Waals surface area contributed by atoms with Crippen molar-refractivity contribution < 1.29 is 19.4 Å². The van der Waals surface area contributed by atoms with Crippen LogP contribution >= 0.6 is 0 Å². The fourth-order valence-corrected chi connectivity index (χ4v) is 9.10. The van der Waals surface area contributed by atoms with Gasteiger partial charge in [0.05, 0.1) is 24.8 Å². The molecule has 3 fully saturated rings. The molecule has 8 atom stereocenters. The van der Waals surface area contributed by atoms with Crippen LogP contribution in [0.3, 0.4) is 0 Å². The van der Waals surface area contributed by atoms with Crippen LogP contribution in [-0.2, 0) is 16.1 Å². The van der Waals surface area contributed by atoms with E-state index in [1.165, 1.54) is 25.7 Å². The van der Waals surface area contributed by atoms with Gasteiger partial charge in [0.1, 0.15) is 12.3 Å². The summed E-state index contributed by atoms with van der Waals surface area (Å²) in [5, 5.41) is 19.5. The summed E-state index contributed by atoms with van der Waals surface area (Å²) in [5.41, 5.74) is 1.14. The molecule has 5 rings (SSSR count). The van der Waals surface area contributed by atoms with Gasteiger partial charge in [-0.2, -0.15) is 0 Å². The second kappa shape index (κ2) is 10.9. The highest BCUT2D eigenvalue weighted by atomic mass is 16.5. The number of ketones is 1. The Hall–Kier alpha value is -1.99. The minimum Gasteiger partial charge on any atom is -0.494 e. The fraction of sp³-hybridized carbons (Fsp3) is 0.774. The van der Waals surface area contributed by atoms with Gasteiger partial charge in [0.25, 0.3) is 0 Å². The van der Waals surface area contributed by atoms with Gasteiger partial charge in [0.15, 0.2) is 11.3 Å². The summed E-state index contributed by atoms with van der Waals surface area (Å²) in [5.74, 6) is 3.67. The van der Waals surface area contributed by atoms with Crippen LogP contribution in [0, 0.1) is 40.9 Å². The van der Waals surface area contributed by atoms with Gasteiger partial charge in [0, 0.05) is 13.0 Å². The Kier molecular flexibility index (Phi) is 7.89. The highest BCUT2D eigenvalue weighted by molar-refractivity contribution is 5.85. The van der Waals surface area contributed by atoms with Gasteiger partial charge in [-0.05, 0) is 105 Å². The third-order valence-corrected chi connectivity index (χ3v) is 10.9. The predicted molar refractivity (Wildman–Crippen MR) is 148 cm³/mol. The maximum Gasteiger partial charge on any atom is 0.157 e. The fourth-order valence-electron chi connectivity index (χ4n) is 9.10. The highest BCUT2D eigenvalue weighted by Gasteiger charge is 2.57. The number of carbonyl (C=O) groups excluding carboxylic acids is 1. The van der Waals surface area contributed by atoms with Gasteiger partial charge in [-0.3, -0.25) is 4.79 Å². The van der Waals surface area contributed by atoms with Crippen molar-refractivity contribution in [2.45, 2.75) is 90.7 Å². The normalized spacial score (nSPS) is 37.3. The summed E-state index contributed by atoms with van der Waals surface area (Å²) < 4.78 is 13.1.